The van der Waals surface area contributed by atoms with E-state index in [1.54, 1.807) is 0 Å². The molecule has 2 atom stereocenters. The van der Waals surface area contributed by atoms with E-state index in [0.717, 1.165) is 12.3 Å². The van der Waals surface area contributed by atoms with Crippen LogP contribution in [0.4, 0.5) is 4.39 Å². The quantitative estimate of drug-likeness (QED) is 0.447. The number of nitrogens with one attached hydrogen (secondary N) is 1. The zero-order valence-electron chi connectivity index (χ0n) is 13.3. The van der Waals surface area contributed by atoms with Crippen LogP contribution in [0.1, 0.15) is 12.8 Å². The second-order valence-corrected chi connectivity index (χ2v) is 7.92. The van der Waals surface area contributed by atoms with E-state index in [2.05, 4.69) is 5.10 Å². The molecule has 2 unspecified atom stereocenters. The van der Waals surface area contributed by atoms with E-state index in [1.165, 1.54) is 27.4 Å². The van der Waals surface area contributed by atoms with Gasteiger partial charge < -0.3 is 10.7 Å². The van der Waals surface area contributed by atoms with Crippen molar-refractivity contribution in [2.75, 3.05) is 13.1 Å². The van der Waals surface area contributed by atoms with Crippen LogP contribution in [0.5, 0.6) is 0 Å². The summed E-state index contributed by atoms with van der Waals surface area (Å²) < 4.78 is 40.6. The van der Waals surface area contributed by atoms with E-state index in [0.29, 0.717) is 12.8 Å². The first-order valence-corrected chi connectivity index (χ1v) is 9.19. The molecule has 1 amide bonds. The van der Waals surface area contributed by atoms with Crippen molar-refractivity contribution in [3.63, 3.8) is 0 Å². The molecule has 2 saturated heterocycles. The number of fused-ring (bicyclic) bond motifs is 2. The molecule has 25 heavy (non-hydrogen) atoms. The van der Waals surface area contributed by atoms with Crippen molar-refractivity contribution < 1.29 is 17.6 Å². The van der Waals surface area contributed by atoms with E-state index in [1.807, 2.05) is 0 Å². The Bertz CT molecular complexity index is 827. The molecule has 3 rings (SSSR count). The van der Waals surface area contributed by atoms with Crippen molar-refractivity contribution in [1.29, 1.82) is 5.41 Å². The van der Waals surface area contributed by atoms with E-state index < -0.39 is 33.8 Å². The number of nitrogens with zero attached hydrogens (tertiary/aromatic N) is 3. The molecule has 134 valence electrons. The molecule has 0 radical (unpaired) electrons. The van der Waals surface area contributed by atoms with Crippen LogP contribution in [-0.2, 0) is 14.8 Å². The van der Waals surface area contributed by atoms with Crippen LogP contribution in [0, 0.1) is 11.2 Å². The summed E-state index contributed by atoms with van der Waals surface area (Å²) in [6.45, 7) is 0.370. The Morgan fingerprint density at radius 2 is 1.96 bits per heavy atom. The number of carbonyl (C=O) groups excluding carboxylic acids is 1. The number of amides is 1. The normalized spacial score (nSPS) is 24.0. The van der Waals surface area contributed by atoms with Gasteiger partial charge in [0.15, 0.2) is 0 Å². The molecule has 1 aromatic rings. The molecule has 10 heteroatoms. The van der Waals surface area contributed by atoms with Crippen molar-refractivity contribution in [1.82, 2.24) is 9.21 Å². The number of benzene rings is 1. The van der Waals surface area contributed by atoms with E-state index in [9.17, 15) is 17.6 Å². The second-order valence-electron chi connectivity index (χ2n) is 6.08. The summed E-state index contributed by atoms with van der Waals surface area (Å²) in [4.78, 5) is 13.6. The van der Waals surface area contributed by atoms with Gasteiger partial charge in [-0.1, -0.05) is 6.07 Å². The average molecular weight is 367 g/mol. The lowest BCUT2D eigenvalue weighted by Crippen LogP contribution is -2.58. The summed E-state index contributed by atoms with van der Waals surface area (Å²) in [7, 11) is -3.84. The molecule has 0 spiro atoms. The number of likely N-dealkylation sites (tertiary alicyclic amines) is 1. The number of hydrazone groups is 1. The molecule has 2 bridgehead atoms. The van der Waals surface area contributed by atoms with Crippen molar-refractivity contribution in [2.45, 2.75) is 29.8 Å². The number of halogens is 1. The maximum absolute atomic E-state index is 13.4. The second kappa shape index (κ2) is 6.52. The molecular formula is C15H18FN5O3S. The van der Waals surface area contributed by atoms with E-state index in [-0.39, 0.29) is 23.7 Å². The lowest BCUT2D eigenvalue weighted by atomic mass is 10.2. The summed E-state index contributed by atoms with van der Waals surface area (Å²) in [5, 5.41) is 10.8. The van der Waals surface area contributed by atoms with Crippen molar-refractivity contribution in [3.8, 4) is 0 Å². The molecule has 3 N–H and O–H groups in total. The summed E-state index contributed by atoms with van der Waals surface area (Å²) in [5.41, 5.74) is -0.344. The number of hydrogen-bond donors (Lipinski definition) is 2. The molecule has 2 aliphatic rings. The smallest absolute Gasteiger partial charge is 0.273 e. The van der Waals surface area contributed by atoms with Gasteiger partial charge in [-0.05, 0) is 31.0 Å². The summed E-state index contributed by atoms with van der Waals surface area (Å²) in [6.07, 6.45) is 2.18. The molecule has 1 aromatic carbocycles. The highest BCUT2D eigenvalue weighted by atomic mass is 32.2. The molecule has 0 aromatic heterocycles. The number of rotatable bonds is 4. The molecule has 8 nitrogen and oxygen atoms in total. The molecule has 2 heterocycles. The van der Waals surface area contributed by atoms with Crippen LogP contribution in [0.3, 0.4) is 0 Å². The van der Waals surface area contributed by atoms with Crippen LogP contribution in [-0.4, -0.2) is 60.6 Å². The van der Waals surface area contributed by atoms with Crippen LogP contribution in [0.15, 0.2) is 34.3 Å². The number of nitrogens with two attached hydrogens (primary N) is 1. The zero-order valence-corrected chi connectivity index (χ0v) is 14.1. The van der Waals surface area contributed by atoms with E-state index >= 15 is 0 Å². The summed E-state index contributed by atoms with van der Waals surface area (Å²) in [5.74, 6) is 3.81. The van der Waals surface area contributed by atoms with Crippen molar-refractivity contribution >= 4 is 27.9 Å². The number of hydrogen-bond acceptors (Lipinski definition) is 6. The lowest BCUT2D eigenvalue weighted by molar-refractivity contribution is -0.126. The van der Waals surface area contributed by atoms with Crippen LogP contribution in [0.2, 0.25) is 0 Å². The molecule has 2 fully saturated rings. The minimum Gasteiger partial charge on any atom is -0.334 e. The summed E-state index contributed by atoms with van der Waals surface area (Å²) in [6, 6.07) is 4.13. The average Bonchev–Trinajstić information content (AvgIpc) is 2.86. The molecular weight excluding hydrogens is 349 g/mol. The number of sulfonamides is 1. The highest BCUT2D eigenvalue weighted by Gasteiger charge is 2.47. The maximum Gasteiger partial charge on any atom is 0.273 e. The fourth-order valence-corrected chi connectivity index (χ4v) is 5.36. The van der Waals surface area contributed by atoms with Crippen LogP contribution in [0.25, 0.3) is 0 Å². The van der Waals surface area contributed by atoms with Crippen molar-refractivity contribution in [2.24, 2.45) is 10.9 Å². The first kappa shape index (κ1) is 17.5. The van der Waals surface area contributed by atoms with Crippen LogP contribution >= 0.6 is 0 Å². The van der Waals surface area contributed by atoms with Gasteiger partial charge in [-0.15, -0.1) is 0 Å². The van der Waals surface area contributed by atoms with Gasteiger partial charge in [-0.3, -0.25) is 10.2 Å². The standard InChI is InChI=1S/C15H18FN5O3S/c16-10-2-1-3-13(6-10)25(23,24)21-11-4-5-12(21)9-20(8-11)15(22)14(17)7-19-18/h1-3,6-7,11-12,17H,4-5,8-9,18H2/b17-14?,19-7-. The predicted octanol–water partition coefficient (Wildman–Crippen LogP) is 0.154. The first-order valence-electron chi connectivity index (χ1n) is 7.75. The van der Waals surface area contributed by atoms with Gasteiger partial charge >= 0.3 is 0 Å². The Morgan fingerprint density at radius 3 is 2.52 bits per heavy atom. The van der Waals surface area contributed by atoms with Gasteiger partial charge in [0.25, 0.3) is 5.91 Å². The fourth-order valence-electron chi connectivity index (χ4n) is 3.47. The largest absolute Gasteiger partial charge is 0.334 e. The lowest BCUT2D eigenvalue weighted by Gasteiger charge is -2.39. The number of carbonyl (C=O) groups is 1. The van der Waals surface area contributed by atoms with Gasteiger partial charge in [0.05, 0.1) is 11.1 Å². The predicted molar refractivity (Wildman–Crippen MR) is 89.2 cm³/mol. The van der Waals surface area contributed by atoms with Gasteiger partial charge in [0, 0.05) is 25.2 Å². The zero-order chi connectivity index (χ0) is 18.2. The van der Waals surface area contributed by atoms with Gasteiger partial charge in [0.2, 0.25) is 10.0 Å². The molecule has 0 aliphatic carbocycles. The fraction of sp³-hybridized carbons (Fsp3) is 0.400. The maximum atomic E-state index is 13.4. The Balaban J connectivity index is 1.84. The third-order valence-corrected chi connectivity index (χ3v) is 6.51. The third-order valence-electron chi connectivity index (χ3n) is 4.51. The van der Waals surface area contributed by atoms with E-state index in [4.69, 9.17) is 11.3 Å². The minimum atomic E-state index is -3.84. The van der Waals surface area contributed by atoms with Gasteiger partial charge in [0.1, 0.15) is 11.5 Å². The third kappa shape index (κ3) is 3.14. The Hall–Kier alpha value is -2.33. The minimum absolute atomic E-state index is 0.0906. The van der Waals surface area contributed by atoms with Gasteiger partial charge in [-0.2, -0.15) is 9.41 Å². The van der Waals surface area contributed by atoms with Crippen molar-refractivity contribution in [3.05, 3.63) is 30.1 Å². The number of piperazine rings is 1. The van der Waals surface area contributed by atoms with Gasteiger partial charge in [-0.25, -0.2) is 12.8 Å². The monoisotopic (exact) mass is 367 g/mol. The highest BCUT2D eigenvalue weighted by molar-refractivity contribution is 7.89. The molecule has 0 saturated carbocycles. The Labute approximate surface area is 144 Å². The first-order chi connectivity index (χ1) is 11.8. The SMILES string of the molecule is N=C(/C=N\N)C(=O)N1CC2CCC(C1)N2S(=O)(=O)c1cccc(F)c1. The topological polar surface area (TPSA) is 120 Å². The summed E-state index contributed by atoms with van der Waals surface area (Å²) >= 11 is 0. The molecule has 2 aliphatic heterocycles. The highest BCUT2D eigenvalue weighted by Crippen LogP contribution is 2.35. The Morgan fingerprint density at radius 1 is 1.32 bits per heavy atom. The Kier molecular flexibility index (Phi) is 4.56. The van der Waals surface area contributed by atoms with Crippen LogP contribution < -0.4 is 5.84 Å².